The number of benzene rings is 1. The van der Waals surface area contributed by atoms with E-state index in [-0.39, 0.29) is 5.95 Å². The second-order valence-corrected chi connectivity index (χ2v) is 5.39. The highest BCUT2D eigenvalue weighted by molar-refractivity contribution is 5.78. The van der Waals surface area contributed by atoms with Crippen LogP contribution in [0.4, 0.5) is 5.95 Å². The van der Waals surface area contributed by atoms with Crippen LogP contribution in [-0.2, 0) is 0 Å². The van der Waals surface area contributed by atoms with E-state index in [9.17, 15) is 0 Å². The van der Waals surface area contributed by atoms with Crippen LogP contribution in [0, 0.1) is 5.92 Å². The van der Waals surface area contributed by atoms with Crippen molar-refractivity contribution < 1.29 is 4.74 Å². The lowest BCUT2D eigenvalue weighted by Gasteiger charge is -2.10. The molecule has 0 aliphatic carbocycles. The molecule has 1 aromatic carbocycles. The number of nitrogen functional groups attached to an aromatic ring is 1. The lowest BCUT2D eigenvalue weighted by atomic mass is 10.1. The number of fused-ring (bicyclic) bond motifs is 1. The van der Waals surface area contributed by atoms with Crippen LogP contribution in [0.3, 0.4) is 0 Å². The van der Waals surface area contributed by atoms with Gasteiger partial charge in [-0.2, -0.15) is 4.98 Å². The van der Waals surface area contributed by atoms with E-state index in [4.69, 9.17) is 10.5 Å². The smallest absolute Gasteiger partial charge is 0.240 e. The summed E-state index contributed by atoms with van der Waals surface area (Å²) in [5.41, 5.74) is 8.45. The largest absolute Gasteiger partial charge is 0.493 e. The summed E-state index contributed by atoms with van der Waals surface area (Å²) in [7, 11) is 0. The maximum atomic E-state index is 5.78. The fraction of sp³-hybridized carbons (Fsp3) is 0.250. The Labute approximate surface area is 123 Å². The van der Waals surface area contributed by atoms with Crippen molar-refractivity contribution >= 4 is 11.6 Å². The highest BCUT2D eigenvalue weighted by atomic mass is 16.5. The van der Waals surface area contributed by atoms with E-state index < -0.39 is 0 Å². The standard InChI is InChI=1S/C16H18N4O/c1-11(2)10-21-13-6-3-5-12(9-13)14-7-4-8-20-15(14)18-16(17)19-20/h3-9,11H,10H2,1-2H3,(H2,17,19). The van der Waals surface area contributed by atoms with Crippen molar-refractivity contribution in [1.82, 2.24) is 14.6 Å². The molecule has 0 spiro atoms. The summed E-state index contributed by atoms with van der Waals surface area (Å²) in [4.78, 5) is 4.28. The maximum Gasteiger partial charge on any atom is 0.240 e. The summed E-state index contributed by atoms with van der Waals surface area (Å²) in [5.74, 6) is 1.62. The molecule has 3 rings (SSSR count). The Morgan fingerprint density at radius 2 is 2.10 bits per heavy atom. The number of aromatic nitrogens is 3. The summed E-state index contributed by atoms with van der Waals surface area (Å²) in [6, 6.07) is 11.9. The third-order valence-corrected chi connectivity index (χ3v) is 3.11. The van der Waals surface area contributed by atoms with Crippen molar-refractivity contribution in [3.63, 3.8) is 0 Å². The van der Waals surface area contributed by atoms with E-state index in [2.05, 4.69) is 23.9 Å². The SMILES string of the molecule is CC(C)COc1cccc(-c2cccn3nc(N)nc23)c1. The Morgan fingerprint density at radius 3 is 2.90 bits per heavy atom. The molecule has 0 saturated carbocycles. The Morgan fingerprint density at radius 1 is 1.24 bits per heavy atom. The van der Waals surface area contributed by atoms with Crippen LogP contribution in [0.15, 0.2) is 42.6 Å². The first-order chi connectivity index (χ1) is 10.1. The molecule has 0 aliphatic rings. The summed E-state index contributed by atoms with van der Waals surface area (Å²) in [5, 5.41) is 4.13. The van der Waals surface area contributed by atoms with Crippen molar-refractivity contribution in [2.75, 3.05) is 12.3 Å². The average molecular weight is 282 g/mol. The predicted octanol–water partition coefficient (Wildman–Crippen LogP) is 3.01. The number of rotatable bonds is 4. The molecule has 2 heterocycles. The van der Waals surface area contributed by atoms with Crippen LogP contribution in [0.2, 0.25) is 0 Å². The number of pyridine rings is 1. The summed E-state index contributed by atoms with van der Waals surface area (Å²) >= 11 is 0. The minimum atomic E-state index is 0.273. The topological polar surface area (TPSA) is 65.4 Å². The van der Waals surface area contributed by atoms with Crippen LogP contribution >= 0.6 is 0 Å². The molecule has 0 unspecified atom stereocenters. The summed E-state index contributed by atoms with van der Waals surface area (Å²) in [6.45, 7) is 4.96. The molecular formula is C16H18N4O. The molecule has 3 aromatic rings. The molecule has 2 N–H and O–H groups in total. The highest BCUT2D eigenvalue weighted by Gasteiger charge is 2.09. The van der Waals surface area contributed by atoms with Crippen LogP contribution in [-0.4, -0.2) is 21.2 Å². The molecule has 0 radical (unpaired) electrons. The first-order valence-electron chi connectivity index (χ1n) is 6.97. The van der Waals surface area contributed by atoms with Gasteiger partial charge in [-0.25, -0.2) is 4.52 Å². The van der Waals surface area contributed by atoms with Gasteiger partial charge in [-0.3, -0.25) is 0 Å². The number of ether oxygens (including phenoxy) is 1. The molecule has 0 bridgehead atoms. The molecule has 2 aromatic heterocycles. The van der Waals surface area contributed by atoms with Gasteiger partial charge in [0.2, 0.25) is 5.95 Å². The van der Waals surface area contributed by atoms with Gasteiger partial charge >= 0.3 is 0 Å². The Kier molecular flexibility index (Phi) is 3.48. The molecule has 108 valence electrons. The van der Waals surface area contributed by atoms with Crippen molar-refractivity contribution in [2.45, 2.75) is 13.8 Å². The van der Waals surface area contributed by atoms with Gasteiger partial charge in [0.25, 0.3) is 0 Å². The van der Waals surface area contributed by atoms with Crippen LogP contribution < -0.4 is 10.5 Å². The third-order valence-electron chi connectivity index (χ3n) is 3.11. The third kappa shape index (κ3) is 2.81. The minimum Gasteiger partial charge on any atom is -0.493 e. The fourth-order valence-corrected chi connectivity index (χ4v) is 2.16. The first kappa shape index (κ1) is 13.4. The van der Waals surface area contributed by atoms with Crippen LogP contribution in [0.5, 0.6) is 5.75 Å². The van der Waals surface area contributed by atoms with Crippen molar-refractivity contribution in [3.05, 3.63) is 42.6 Å². The second-order valence-electron chi connectivity index (χ2n) is 5.39. The molecule has 0 atom stereocenters. The van der Waals surface area contributed by atoms with E-state index in [1.54, 1.807) is 4.52 Å². The van der Waals surface area contributed by atoms with Gasteiger partial charge in [-0.1, -0.05) is 26.0 Å². The normalized spacial score (nSPS) is 11.2. The predicted molar refractivity (Wildman–Crippen MR) is 83.2 cm³/mol. The van der Waals surface area contributed by atoms with E-state index >= 15 is 0 Å². The van der Waals surface area contributed by atoms with Crippen LogP contribution in [0.1, 0.15) is 13.8 Å². The Bertz CT molecular complexity index is 764. The molecule has 0 amide bonds. The number of anilines is 1. The number of hydrogen-bond donors (Lipinski definition) is 1. The molecule has 0 fully saturated rings. The van der Waals surface area contributed by atoms with Crippen LogP contribution in [0.25, 0.3) is 16.8 Å². The molecule has 5 nitrogen and oxygen atoms in total. The van der Waals surface area contributed by atoms with Crippen molar-refractivity contribution in [1.29, 1.82) is 0 Å². The summed E-state index contributed by atoms with van der Waals surface area (Å²) < 4.78 is 7.47. The lowest BCUT2D eigenvalue weighted by Crippen LogP contribution is -2.04. The number of hydrogen-bond acceptors (Lipinski definition) is 4. The van der Waals surface area contributed by atoms with E-state index in [1.165, 1.54) is 0 Å². The lowest BCUT2D eigenvalue weighted by molar-refractivity contribution is 0.271. The Hall–Kier alpha value is -2.56. The average Bonchev–Trinajstić information content (AvgIpc) is 2.85. The molecule has 5 heteroatoms. The van der Waals surface area contributed by atoms with E-state index in [0.29, 0.717) is 12.5 Å². The second kappa shape index (κ2) is 5.44. The number of nitrogens with zero attached hydrogens (tertiary/aromatic N) is 3. The van der Waals surface area contributed by atoms with Gasteiger partial charge in [0.15, 0.2) is 5.65 Å². The monoisotopic (exact) mass is 282 g/mol. The first-order valence-corrected chi connectivity index (χ1v) is 6.97. The maximum absolute atomic E-state index is 5.78. The van der Waals surface area contributed by atoms with E-state index in [0.717, 1.165) is 22.5 Å². The number of nitrogens with two attached hydrogens (primary N) is 1. The van der Waals surface area contributed by atoms with Gasteiger partial charge < -0.3 is 10.5 Å². The van der Waals surface area contributed by atoms with Crippen molar-refractivity contribution in [2.24, 2.45) is 5.92 Å². The van der Waals surface area contributed by atoms with Gasteiger partial charge in [0.1, 0.15) is 5.75 Å². The molecule has 0 saturated heterocycles. The Balaban J connectivity index is 2.00. The van der Waals surface area contributed by atoms with E-state index in [1.807, 2.05) is 42.6 Å². The summed E-state index contributed by atoms with van der Waals surface area (Å²) in [6.07, 6.45) is 1.83. The quantitative estimate of drug-likeness (QED) is 0.799. The zero-order valence-electron chi connectivity index (χ0n) is 12.2. The molecular weight excluding hydrogens is 264 g/mol. The molecule has 21 heavy (non-hydrogen) atoms. The zero-order chi connectivity index (χ0) is 14.8. The van der Waals surface area contributed by atoms with Gasteiger partial charge in [0.05, 0.1) is 6.61 Å². The zero-order valence-corrected chi connectivity index (χ0v) is 12.2. The van der Waals surface area contributed by atoms with Crippen molar-refractivity contribution in [3.8, 4) is 16.9 Å². The minimum absolute atomic E-state index is 0.273. The van der Waals surface area contributed by atoms with Gasteiger partial charge in [-0.15, -0.1) is 5.10 Å². The molecule has 0 aliphatic heterocycles. The van der Waals surface area contributed by atoms with Gasteiger partial charge in [-0.05, 0) is 35.7 Å². The van der Waals surface area contributed by atoms with Gasteiger partial charge in [0, 0.05) is 11.8 Å². The fourth-order valence-electron chi connectivity index (χ4n) is 2.16. The highest BCUT2D eigenvalue weighted by Crippen LogP contribution is 2.27.